The number of aliphatic carboxylic acids is 1. The number of hydrogen-bond donors (Lipinski definition) is 2. The minimum atomic E-state index is -3.76. The average molecular weight is 272 g/mol. The van der Waals surface area contributed by atoms with Crippen molar-refractivity contribution < 1.29 is 18.3 Å². The Hall–Kier alpha value is -1.44. The molecule has 1 aromatic rings. The molecule has 0 saturated heterocycles. The molecule has 18 heavy (non-hydrogen) atoms. The lowest BCUT2D eigenvalue weighted by atomic mass is 10.1. The quantitative estimate of drug-likeness (QED) is 0.767. The number of rotatable bonds is 6. The van der Waals surface area contributed by atoms with Crippen molar-refractivity contribution in [1.82, 2.24) is 9.03 Å². The van der Waals surface area contributed by atoms with Gasteiger partial charge >= 0.3 is 5.97 Å². The van der Waals surface area contributed by atoms with Gasteiger partial charge in [-0.05, 0) is 12.0 Å². The second-order valence-corrected chi connectivity index (χ2v) is 5.90. The Kier molecular flexibility index (Phi) is 4.83. The van der Waals surface area contributed by atoms with Crippen molar-refractivity contribution in [3.05, 3.63) is 35.9 Å². The molecule has 6 nitrogen and oxygen atoms in total. The summed E-state index contributed by atoms with van der Waals surface area (Å²) in [5, 5.41) is 9.03. The van der Waals surface area contributed by atoms with Gasteiger partial charge in [-0.25, -0.2) is 0 Å². The fourth-order valence-corrected chi connectivity index (χ4v) is 2.07. The number of hydrogen-bond acceptors (Lipinski definition) is 3. The fraction of sp³-hybridized carbons (Fsp3) is 0.364. The number of carboxylic acid groups (broad SMARTS) is 1. The van der Waals surface area contributed by atoms with Crippen molar-refractivity contribution in [3.8, 4) is 0 Å². The summed E-state index contributed by atoms with van der Waals surface area (Å²) in [7, 11) is -1.09. The van der Waals surface area contributed by atoms with E-state index in [0.717, 1.165) is 9.87 Å². The van der Waals surface area contributed by atoms with Gasteiger partial charge < -0.3 is 5.11 Å². The van der Waals surface area contributed by atoms with Crippen LogP contribution in [0.25, 0.3) is 0 Å². The molecule has 0 spiro atoms. The molecule has 0 aliphatic heterocycles. The Labute approximate surface area is 106 Å². The first-order valence-electron chi connectivity index (χ1n) is 5.29. The Morgan fingerprint density at radius 1 is 1.33 bits per heavy atom. The standard InChI is InChI=1S/C11H16N2O4S/c1-13(2)18(16,17)12-10(11(14)15)8-9-6-4-3-5-7-9/h3-7,10,12H,8H2,1-2H3,(H,14,15)/t10-/m0/s1. The maximum atomic E-state index is 11.6. The molecule has 0 amide bonds. The van der Waals surface area contributed by atoms with Crippen molar-refractivity contribution in [2.24, 2.45) is 0 Å². The summed E-state index contributed by atoms with van der Waals surface area (Å²) in [6.07, 6.45) is 0.100. The molecule has 0 radical (unpaired) electrons. The second-order valence-electron chi connectivity index (χ2n) is 3.99. The van der Waals surface area contributed by atoms with Gasteiger partial charge in [-0.2, -0.15) is 17.4 Å². The monoisotopic (exact) mass is 272 g/mol. The van der Waals surface area contributed by atoms with Crippen molar-refractivity contribution in [2.45, 2.75) is 12.5 Å². The minimum absolute atomic E-state index is 0.100. The lowest BCUT2D eigenvalue weighted by molar-refractivity contribution is -0.138. The predicted octanol–water partition coefficient (Wildman–Crippen LogP) is 0.0783. The zero-order valence-electron chi connectivity index (χ0n) is 10.2. The van der Waals surface area contributed by atoms with Crippen LogP contribution in [0.4, 0.5) is 0 Å². The SMILES string of the molecule is CN(C)S(=O)(=O)N[C@@H](Cc1ccccc1)C(=O)O. The molecule has 100 valence electrons. The number of carboxylic acids is 1. The van der Waals surface area contributed by atoms with Crippen LogP contribution in [0.3, 0.4) is 0 Å². The minimum Gasteiger partial charge on any atom is -0.480 e. The van der Waals surface area contributed by atoms with Crippen molar-refractivity contribution in [1.29, 1.82) is 0 Å². The molecule has 0 aliphatic rings. The molecule has 7 heteroatoms. The molecule has 2 N–H and O–H groups in total. The summed E-state index contributed by atoms with van der Waals surface area (Å²) < 4.78 is 26.3. The molecular formula is C11H16N2O4S. The van der Waals surface area contributed by atoms with E-state index in [4.69, 9.17) is 5.11 Å². The number of carbonyl (C=O) groups is 1. The van der Waals surface area contributed by atoms with Crippen LogP contribution in [0, 0.1) is 0 Å². The van der Waals surface area contributed by atoms with Gasteiger partial charge in [0.2, 0.25) is 0 Å². The third kappa shape index (κ3) is 4.10. The molecule has 0 aromatic heterocycles. The molecule has 1 rings (SSSR count). The average Bonchev–Trinajstić information content (AvgIpc) is 2.29. The fourth-order valence-electron chi connectivity index (χ4n) is 1.31. The van der Waals surface area contributed by atoms with Crippen LogP contribution < -0.4 is 4.72 Å². The maximum Gasteiger partial charge on any atom is 0.322 e. The molecule has 0 aliphatic carbocycles. The molecule has 0 bridgehead atoms. The normalized spacial score (nSPS) is 13.5. The van der Waals surface area contributed by atoms with Gasteiger partial charge in [-0.15, -0.1) is 0 Å². The largest absolute Gasteiger partial charge is 0.480 e. The number of benzene rings is 1. The van der Waals surface area contributed by atoms with Crippen LogP contribution in [-0.2, 0) is 21.4 Å². The Morgan fingerprint density at radius 2 is 1.89 bits per heavy atom. The Bertz CT molecular complexity index is 499. The van der Waals surface area contributed by atoms with Crippen LogP contribution in [0.2, 0.25) is 0 Å². The predicted molar refractivity (Wildman–Crippen MR) is 67.3 cm³/mol. The topological polar surface area (TPSA) is 86.7 Å². The van der Waals surface area contributed by atoms with Crippen LogP contribution in [0.1, 0.15) is 5.56 Å². The highest BCUT2D eigenvalue weighted by molar-refractivity contribution is 7.87. The highest BCUT2D eigenvalue weighted by atomic mass is 32.2. The van der Waals surface area contributed by atoms with E-state index >= 15 is 0 Å². The molecule has 0 unspecified atom stereocenters. The third-order valence-electron chi connectivity index (χ3n) is 2.35. The van der Waals surface area contributed by atoms with Crippen molar-refractivity contribution in [2.75, 3.05) is 14.1 Å². The van der Waals surface area contributed by atoms with Gasteiger partial charge in [-0.3, -0.25) is 4.79 Å². The van der Waals surface area contributed by atoms with Gasteiger partial charge in [-0.1, -0.05) is 30.3 Å². The van der Waals surface area contributed by atoms with E-state index in [1.807, 2.05) is 6.07 Å². The first-order chi connectivity index (χ1) is 8.33. The first kappa shape index (κ1) is 14.6. The Morgan fingerprint density at radius 3 is 2.33 bits per heavy atom. The summed E-state index contributed by atoms with van der Waals surface area (Å²) >= 11 is 0. The summed E-state index contributed by atoms with van der Waals surface area (Å²) in [5.41, 5.74) is 0.756. The molecule has 0 fully saturated rings. The van der Waals surface area contributed by atoms with E-state index in [1.165, 1.54) is 14.1 Å². The van der Waals surface area contributed by atoms with Gasteiger partial charge in [0, 0.05) is 14.1 Å². The smallest absolute Gasteiger partial charge is 0.322 e. The summed E-state index contributed by atoms with van der Waals surface area (Å²) in [5.74, 6) is -1.20. The number of nitrogens with one attached hydrogen (secondary N) is 1. The van der Waals surface area contributed by atoms with Crippen LogP contribution >= 0.6 is 0 Å². The van der Waals surface area contributed by atoms with Crippen molar-refractivity contribution >= 4 is 16.2 Å². The van der Waals surface area contributed by atoms with E-state index in [1.54, 1.807) is 24.3 Å². The lowest BCUT2D eigenvalue weighted by Crippen LogP contribution is -2.47. The van der Waals surface area contributed by atoms with E-state index in [9.17, 15) is 13.2 Å². The highest BCUT2D eigenvalue weighted by Crippen LogP contribution is 2.05. The summed E-state index contributed by atoms with van der Waals surface area (Å²) in [6, 6.07) is 7.67. The Balaban J connectivity index is 2.83. The first-order valence-corrected chi connectivity index (χ1v) is 6.73. The molecule has 0 saturated carbocycles. The van der Waals surface area contributed by atoms with Crippen molar-refractivity contribution in [3.63, 3.8) is 0 Å². The van der Waals surface area contributed by atoms with E-state index in [0.29, 0.717) is 0 Å². The van der Waals surface area contributed by atoms with Crippen LogP contribution in [0.5, 0.6) is 0 Å². The third-order valence-corrected chi connectivity index (χ3v) is 3.90. The zero-order valence-corrected chi connectivity index (χ0v) is 11.0. The van der Waals surface area contributed by atoms with Gasteiger partial charge in [0.15, 0.2) is 0 Å². The van der Waals surface area contributed by atoms with Crippen LogP contribution in [-0.4, -0.2) is 43.9 Å². The molecule has 0 heterocycles. The summed E-state index contributed by atoms with van der Waals surface area (Å²) in [6.45, 7) is 0. The lowest BCUT2D eigenvalue weighted by Gasteiger charge is -2.18. The van der Waals surface area contributed by atoms with E-state index in [2.05, 4.69) is 4.72 Å². The second kappa shape index (κ2) is 5.94. The molecule has 1 aromatic carbocycles. The van der Waals surface area contributed by atoms with E-state index < -0.39 is 22.2 Å². The van der Waals surface area contributed by atoms with Gasteiger partial charge in [0.1, 0.15) is 6.04 Å². The van der Waals surface area contributed by atoms with Crippen LogP contribution in [0.15, 0.2) is 30.3 Å². The van der Waals surface area contributed by atoms with E-state index in [-0.39, 0.29) is 6.42 Å². The maximum absolute atomic E-state index is 11.6. The molecular weight excluding hydrogens is 256 g/mol. The number of nitrogens with zero attached hydrogens (tertiary/aromatic N) is 1. The molecule has 1 atom stereocenters. The van der Waals surface area contributed by atoms with Gasteiger partial charge in [0.25, 0.3) is 10.2 Å². The zero-order chi connectivity index (χ0) is 13.8. The summed E-state index contributed by atoms with van der Waals surface area (Å²) in [4.78, 5) is 11.1. The van der Waals surface area contributed by atoms with Gasteiger partial charge in [0.05, 0.1) is 0 Å². The highest BCUT2D eigenvalue weighted by Gasteiger charge is 2.25.